The van der Waals surface area contributed by atoms with Gasteiger partial charge in [-0.05, 0) is 32.1 Å². The number of benzene rings is 2. The first-order valence-electron chi connectivity index (χ1n) is 8.80. The number of nitrogens with zero attached hydrogens (tertiary/aromatic N) is 4. The van der Waals surface area contributed by atoms with Gasteiger partial charge >= 0.3 is 0 Å². The van der Waals surface area contributed by atoms with Crippen molar-refractivity contribution < 1.29 is 0 Å². The minimum Gasteiger partial charge on any atom is -0.295 e. The van der Waals surface area contributed by atoms with Crippen LogP contribution in [-0.2, 0) is 0 Å². The summed E-state index contributed by atoms with van der Waals surface area (Å²) in [6.45, 7) is 4.13. The summed E-state index contributed by atoms with van der Waals surface area (Å²) in [4.78, 5) is 9.59. The van der Waals surface area contributed by atoms with Crippen LogP contribution in [0.4, 0.5) is 0 Å². The van der Waals surface area contributed by atoms with Crippen LogP contribution in [0.5, 0.6) is 0 Å². The number of H-pyrrole nitrogens is 1. The van der Waals surface area contributed by atoms with Gasteiger partial charge in [0.05, 0.1) is 11.4 Å². The Morgan fingerprint density at radius 2 is 1.37 bits per heavy atom. The quantitative estimate of drug-likeness (QED) is 0.492. The standard InChI is InChI=1S/C21H19N5S/c1-14(2)26-20(24-25-21(26)27)19-22-17(15-9-5-3-6-10-15)13-18(23-19)16-11-7-4-8-12-16/h3-14H,1-2H3,(H,25,27). The third kappa shape index (κ3) is 3.44. The van der Waals surface area contributed by atoms with Crippen LogP contribution in [-0.4, -0.2) is 24.7 Å². The summed E-state index contributed by atoms with van der Waals surface area (Å²) in [5.41, 5.74) is 3.76. The summed E-state index contributed by atoms with van der Waals surface area (Å²) >= 11 is 5.39. The summed E-state index contributed by atoms with van der Waals surface area (Å²) < 4.78 is 2.50. The predicted molar refractivity (Wildman–Crippen MR) is 110 cm³/mol. The SMILES string of the molecule is CC(C)n1c(-c2nc(-c3ccccc3)cc(-c3ccccc3)n2)n[nH]c1=S. The molecule has 0 fully saturated rings. The van der Waals surface area contributed by atoms with Crippen molar-refractivity contribution in [2.24, 2.45) is 0 Å². The monoisotopic (exact) mass is 373 g/mol. The van der Waals surface area contributed by atoms with Crippen LogP contribution in [0.15, 0.2) is 66.7 Å². The van der Waals surface area contributed by atoms with E-state index in [-0.39, 0.29) is 6.04 Å². The normalized spacial score (nSPS) is 11.1. The van der Waals surface area contributed by atoms with Gasteiger partial charge in [-0.2, -0.15) is 5.10 Å². The lowest BCUT2D eigenvalue weighted by atomic mass is 10.1. The predicted octanol–water partition coefficient (Wildman–Crippen LogP) is 5.31. The molecule has 0 aliphatic carbocycles. The van der Waals surface area contributed by atoms with Crippen LogP contribution in [0.1, 0.15) is 19.9 Å². The number of hydrogen-bond acceptors (Lipinski definition) is 4. The minimum absolute atomic E-state index is 0.149. The van der Waals surface area contributed by atoms with Gasteiger partial charge in [-0.3, -0.25) is 9.67 Å². The Morgan fingerprint density at radius 3 is 1.85 bits per heavy atom. The molecule has 0 atom stereocenters. The summed E-state index contributed by atoms with van der Waals surface area (Å²) in [5, 5.41) is 7.27. The highest BCUT2D eigenvalue weighted by molar-refractivity contribution is 7.71. The van der Waals surface area contributed by atoms with Crippen molar-refractivity contribution >= 4 is 12.2 Å². The molecule has 1 N–H and O–H groups in total. The molecule has 0 amide bonds. The van der Waals surface area contributed by atoms with Crippen LogP contribution in [0.25, 0.3) is 34.2 Å². The van der Waals surface area contributed by atoms with Gasteiger partial charge in [-0.15, -0.1) is 0 Å². The molecule has 2 heterocycles. The Kier molecular flexibility index (Phi) is 4.64. The first-order chi connectivity index (χ1) is 13.1. The van der Waals surface area contributed by atoms with Crippen molar-refractivity contribution in [2.75, 3.05) is 0 Å². The molecule has 2 aromatic carbocycles. The number of rotatable bonds is 4. The summed E-state index contributed by atoms with van der Waals surface area (Å²) in [6.07, 6.45) is 0. The molecule has 4 aromatic rings. The van der Waals surface area contributed by atoms with Gasteiger partial charge in [-0.25, -0.2) is 9.97 Å². The van der Waals surface area contributed by atoms with Crippen LogP contribution in [0.3, 0.4) is 0 Å². The molecule has 27 heavy (non-hydrogen) atoms. The molecule has 0 spiro atoms. The topological polar surface area (TPSA) is 59.4 Å². The van der Waals surface area contributed by atoms with Crippen molar-refractivity contribution in [2.45, 2.75) is 19.9 Å². The van der Waals surface area contributed by atoms with Gasteiger partial charge in [0, 0.05) is 17.2 Å². The molecule has 2 aromatic heterocycles. The van der Waals surface area contributed by atoms with Gasteiger partial charge in [0.1, 0.15) is 0 Å². The van der Waals surface area contributed by atoms with E-state index in [2.05, 4.69) is 24.0 Å². The van der Waals surface area contributed by atoms with E-state index in [1.54, 1.807) is 0 Å². The van der Waals surface area contributed by atoms with Crippen LogP contribution in [0.2, 0.25) is 0 Å². The fourth-order valence-electron chi connectivity index (χ4n) is 3.00. The van der Waals surface area contributed by atoms with E-state index in [0.717, 1.165) is 22.5 Å². The number of aromatic nitrogens is 5. The first-order valence-corrected chi connectivity index (χ1v) is 9.21. The molecule has 134 valence electrons. The highest BCUT2D eigenvalue weighted by Crippen LogP contribution is 2.27. The fraction of sp³-hybridized carbons (Fsp3) is 0.143. The van der Waals surface area contributed by atoms with Crippen molar-refractivity contribution in [3.8, 4) is 34.2 Å². The summed E-state index contributed by atoms with van der Waals surface area (Å²) in [7, 11) is 0. The van der Waals surface area contributed by atoms with Crippen LogP contribution in [0, 0.1) is 4.77 Å². The van der Waals surface area contributed by atoms with E-state index >= 15 is 0 Å². The van der Waals surface area contributed by atoms with E-state index in [1.807, 2.05) is 71.3 Å². The van der Waals surface area contributed by atoms with E-state index < -0.39 is 0 Å². The Hall–Kier alpha value is -3.12. The molecular formula is C21H19N5S. The lowest BCUT2D eigenvalue weighted by Gasteiger charge is -2.12. The summed E-state index contributed by atoms with van der Waals surface area (Å²) in [5.74, 6) is 1.20. The fourth-order valence-corrected chi connectivity index (χ4v) is 3.35. The zero-order chi connectivity index (χ0) is 18.8. The largest absolute Gasteiger partial charge is 0.295 e. The van der Waals surface area contributed by atoms with E-state index in [4.69, 9.17) is 22.2 Å². The third-order valence-electron chi connectivity index (χ3n) is 4.29. The van der Waals surface area contributed by atoms with E-state index in [0.29, 0.717) is 16.4 Å². The van der Waals surface area contributed by atoms with Crippen molar-refractivity contribution in [1.82, 2.24) is 24.7 Å². The first kappa shape index (κ1) is 17.3. The molecule has 0 aliphatic heterocycles. The molecule has 6 heteroatoms. The molecule has 5 nitrogen and oxygen atoms in total. The number of nitrogens with one attached hydrogen (secondary N) is 1. The van der Waals surface area contributed by atoms with E-state index in [1.165, 1.54) is 0 Å². The minimum atomic E-state index is 0.149. The highest BCUT2D eigenvalue weighted by atomic mass is 32.1. The zero-order valence-corrected chi connectivity index (χ0v) is 15.9. The molecule has 0 aliphatic rings. The Balaban J connectivity index is 1.96. The molecule has 4 rings (SSSR count). The van der Waals surface area contributed by atoms with Crippen molar-refractivity contribution in [3.63, 3.8) is 0 Å². The maximum absolute atomic E-state index is 5.39. The van der Waals surface area contributed by atoms with Crippen LogP contribution < -0.4 is 0 Å². The average molecular weight is 373 g/mol. The number of aromatic amines is 1. The Labute approximate surface area is 162 Å². The Bertz CT molecular complexity index is 1060. The van der Waals surface area contributed by atoms with Gasteiger partial charge in [0.2, 0.25) is 5.82 Å². The van der Waals surface area contributed by atoms with Gasteiger partial charge in [-0.1, -0.05) is 60.7 Å². The lowest BCUT2D eigenvalue weighted by Crippen LogP contribution is -2.06. The maximum atomic E-state index is 5.39. The van der Waals surface area contributed by atoms with E-state index in [9.17, 15) is 0 Å². The van der Waals surface area contributed by atoms with Crippen molar-refractivity contribution in [1.29, 1.82) is 0 Å². The second-order valence-electron chi connectivity index (χ2n) is 6.51. The average Bonchev–Trinajstić information content (AvgIpc) is 3.11. The smallest absolute Gasteiger partial charge is 0.200 e. The third-order valence-corrected chi connectivity index (χ3v) is 4.57. The second kappa shape index (κ2) is 7.25. The second-order valence-corrected chi connectivity index (χ2v) is 6.90. The lowest BCUT2D eigenvalue weighted by molar-refractivity contribution is 0.595. The van der Waals surface area contributed by atoms with Gasteiger partial charge in [0.15, 0.2) is 10.6 Å². The molecule has 0 unspecified atom stereocenters. The van der Waals surface area contributed by atoms with Gasteiger partial charge < -0.3 is 0 Å². The molecular weight excluding hydrogens is 354 g/mol. The van der Waals surface area contributed by atoms with Crippen LogP contribution >= 0.6 is 12.2 Å². The molecule has 0 saturated heterocycles. The summed E-state index contributed by atoms with van der Waals surface area (Å²) in [6, 6.07) is 22.3. The van der Waals surface area contributed by atoms with Crippen molar-refractivity contribution in [3.05, 3.63) is 71.5 Å². The Morgan fingerprint density at radius 1 is 0.852 bits per heavy atom. The van der Waals surface area contributed by atoms with Gasteiger partial charge in [0.25, 0.3) is 0 Å². The zero-order valence-electron chi connectivity index (χ0n) is 15.1. The highest BCUT2D eigenvalue weighted by Gasteiger charge is 2.17. The molecule has 0 bridgehead atoms. The maximum Gasteiger partial charge on any atom is 0.200 e. The molecule has 0 saturated carbocycles. The number of hydrogen-bond donors (Lipinski definition) is 1. The molecule has 0 radical (unpaired) electrons.